The molecule has 0 radical (unpaired) electrons. The molecule has 5 nitrogen and oxygen atoms in total. The van der Waals surface area contributed by atoms with E-state index in [0.717, 1.165) is 16.8 Å². The molecule has 0 heterocycles. The predicted molar refractivity (Wildman–Crippen MR) is 95.7 cm³/mol. The number of carbonyl (C=O) groups is 2. The molecule has 0 saturated carbocycles. The third kappa shape index (κ3) is 4.59. The number of nitrogens with one attached hydrogen (secondary N) is 2. The van der Waals surface area contributed by atoms with Gasteiger partial charge in [0.25, 0.3) is 0 Å². The van der Waals surface area contributed by atoms with Gasteiger partial charge >= 0.3 is 12.0 Å². The van der Waals surface area contributed by atoms with Crippen LogP contribution in [0, 0.1) is 6.92 Å². The second-order valence-corrected chi connectivity index (χ2v) is 5.89. The number of ether oxygens (including phenoxy) is 1. The van der Waals surface area contributed by atoms with E-state index in [4.69, 9.17) is 4.74 Å². The molecule has 24 heavy (non-hydrogen) atoms. The highest BCUT2D eigenvalue weighted by atomic mass is 16.5. The number of rotatable bonds is 4. The fourth-order valence-electron chi connectivity index (χ4n) is 2.42. The van der Waals surface area contributed by atoms with E-state index in [0.29, 0.717) is 17.4 Å². The first kappa shape index (κ1) is 17.5. The van der Waals surface area contributed by atoms with E-state index < -0.39 is 5.97 Å². The molecule has 0 aliphatic rings. The van der Waals surface area contributed by atoms with Gasteiger partial charge in [0, 0.05) is 24.4 Å². The number of urea groups is 1. The van der Waals surface area contributed by atoms with Gasteiger partial charge in [0.1, 0.15) is 5.75 Å². The van der Waals surface area contributed by atoms with Gasteiger partial charge in [-0.05, 0) is 36.1 Å². The van der Waals surface area contributed by atoms with Crippen molar-refractivity contribution in [1.29, 1.82) is 0 Å². The standard InChI is InChI=1S/C19H22N2O3/c1-12(2)17-10-5-7-13(3)18(17)21-19(23)20-15-8-6-9-16(11-15)24-14(4)22/h5-12H,1-4H3,(H2,20,21,23). The van der Waals surface area contributed by atoms with E-state index in [1.165, 1.54) is 6.92 Å². The Bertz CT molecular complexity index is 754. The van der Waals surface area contributed by atoms with Gasteiger partial charge in [-0.25, -0.2) is 4.79 Å². The van der Waals surface area contributed by atoms with Gasteiger partial charge in [-0.3, -0.25) is 4.79 Å². The smallest absolute Gasteiger partial charge is 0.323 e. The number of carbonyl (C=O) groups excluding carboxylic acids is 2. The van der Waals surface area contributed by atoms with Crippen molar-refractivity contribution in [2.24, 2.45) is 0 Å². The fourth-order valence-corrected chi connectivity index (χ4v) is 2.42. The summed E-state index contributed by atoms with van der Waals surface area (Å²) in [6, 6.07) is 12.3. The molecular weight excluding hydrogens is 304 g/mol. The largest absolute Gasteiger partial charge is 0.427 e. The second kappa shape index (κ2) is 7.64. The predicted octanol–water partition coefficient (Wildman–Crippen LogP) is 4.69. The minimum absolute atomic E-state index is 0.299. The Kier molecular flexibility index (Phi) is 5.58. The van der Waals surface area contributed by atoms with E-state index >= 15 is 0 Å². The molecule has 0 atom stereocenters. The van der Waals surface area contributed by atoms with Crippen molar-refractivity contribution < 1.29 is 14.3 Å². The molecule has 0 saturated heterocycles. The summed E-state index contributed by atoms with van der Waals surface area (Å²) in [5.74, 6) is 0.282. The van der Waals surface area contributed by atoms with Gasteiger partial charge in [-0.1, -0.05) is 38.1 Å². The summed E-state index contributed by atoms with van der Waals surface area (Å²) in [6.45, 7) is 7.46. The van der Waals surface area contributed by atoms with E-state index in [-0.39, 0.29) is 6.03 Å². The molecule has 2 aromatic rings. The number of hydrogen-bond donors (Lipinski definition) is 2. The van der Waals surface area contributed by atoms with Crippen LogP contribution in [0.15, 0.2) is 42.5 Å². The zero-order valence-corrected chi connectivity index (χ0v) is 14.3. The van der Waals surface area contributed by atoms with E-state index in [1.807, 2.05) is 25.1 Å². The zero-order chi connectivity index (χ0) is 17.7. The highest BCUT2D eigenvalue weighted by molar-refractivity contribution is 6.01. The van der Waals surface area contributed by atoms with Gasteiger partial charge in [0.2, 0.25) is 0 Å². The van der Waals surface area contributed by atoms with Crippen LogP contribution in [0.1, 0.15) is 37.8 Å². The van der Waals surface area contributed by atoms with Crippen molar-refractivity contribution in [1.82, 2.24) is 0 Å². The maximum atomic E-state index is 12.3. The van der Waals surface area contributed by atoms with Crippen molar-refractivity contribution in [2.75, 3.05) is 10.6 Å². The average molecular weight is 326 g/mol. The Morgan fingerprint density at radius 1 is 1.04 bits per heavy atom. The van der Waals surface area contributed by atoms with Crippen LogP contribution in [0.2, 0.25) is 0 Å². The van der Waals surface area contributed by atoms with E-state index in [9.17, 15) is 9.59 Å². The average Bonchev–Trinajstić information content (AvgIpc) is 2.48. The fraction of sp³-hybridized carbons (Fsp3) is 0.263. The van der Waals surface area contributed by atoms with Crippen molar-refractivity contribution >= 4 is 23.4 Å². The first-order chi connectivity index (χ1) is 11.4. The third-order valence-electron chi connectivity index (χ3n) is 3.52. The lowest BCUT2D eigenvalue weighted by Gasteiger charge is -2.17. The van der Waals surface area contributed by atoms with Crippen LogP contribution in [-0.4, -0.2) is 12.0 Å². The van der Waals surface area contributed by atoms with Gasteiger partial charge in [-0.2, -0.15) is 0 Å². The topological polar surface area (TPSA) is 67.4 Å². The highest BCUT2D eigenvalue weighted by Crippen LogP contribution is 2.27. The van der Waals surface area contributed by atoms with E-state index in [1.54, 1.807) is 24.3 Å². The maximum Gasteiger partial charge on any atom is 0.323 e. The summed E-state index contributed by atoms with van der Waals surface area (Å²) in [5, 5.41) is 5.67. The number of para-hydroxylation sites is 1. The SMILES string of the molecule is CC(=O)Oc1cccc(NC(=O)Nc2c(C)cccc2C(C)C)c1. The monoisotopic (exact) mass is 326 g/mol. The molecule has 126 valence electrons. The minimum Gasteiger partial charge on any atom is -0.427 e. The van der Waals surface area contributed by atoms with Crippen molar-refractivity contribution in [2.45, 2.75) is 33.6 Å². The lowest BCUT2D eigenvalue weighted by Crippen LogP contribution is -2.21. The number of amides is 2. The maximum absolute atomic E-state index is 12.3. The summed E-state index contributed by atoms with van der Waals surface area (Å²) < 4.78 is 5.01. The van der Waals surface area contributed by atoms with Crippen LogP contribution in [0.3, 0.4) is 0 Å². The molecule has 0 aromatic heterocycles. The Morgan fingerprint density at radius 2 is 1.75 bits per heavy atom. The molecule has 0 spiro atoms. The van der Waals surface area contributed by atoms with Crippen LogP contribution in [0.4, 0.5) is 16.2 Å². The number of anilines is 2. The number of esters is 1. The molecule has 2 amide bonds. The molecule has 0 fully saturated rings. The molecule has 0 aliphatic heterocycles. The number of benzene rings is 2. The molecule has 5 heteroatoms. The van der Waals surface area contributed by atoms with Crippen LogP contribution < -0.4 is 15.4 Å². The third-order valence-corrected chi connectivity index (χ3v) is 3.52. The van der Waals surface area contributed by atoms with Crippen molar-refractivity contribution in [3.8, 4) is 5.75 Å². The molecular formula is C19H22N2O3. The lowest BCUT2D eigenvalue weighted by molar-refractivity contribution is -0.131. The molecule has 2 aromatic carbocycles. The summed E-state index contributed by atoms with van der Waals surface area (Å²) in [6.07, 6.45) is 0. The summed E-state index contributed by atoms with van der Waals surface area (Å²) in [5.41, 5.74) is 3.45. The number of hydrogen-bond acceptors (Lipinski definition) is 3. The first-order valence-corrected chi connectivity index (χ1v) is 7.83. The van der Waals surface area contributed by atoms with Crippen LogP contribution >= 0.6 is 0 Å². The van der Waals surface area contributed by atoms with Gasteiger partial charge in [-0.15, -0.1) is 0 Å². The normalized spacial score (nSPS) is 10.4. The quantitative estimate of drug-likeness (QED) is 0.633. The van der Waals surface area contributed by atoms with Gasteiger partial charge < -0.3 is 15.4 Å². The minimum atomic E-state index is -0.405. The van der Waals surface area contributed by atoms with E-state index in [2.05, 4.69) is 24.5 Å². The molecule has 0 bridgehead atoms. The van der Waals surface area contributed by atoms with Crippen LogP contribution in [-0.2, 0) is 4.79 Å². The Hall–Kier alpha value is -2.82. The van der Waals surface area contributed by atoms with Crippen LogP contribution in [0.5, 0.6) is 5.75 Å². The highest BCUT2D eigenvalue weighted by Gasteiger charge is 2.12. The van der Waals surface area contributed by atoms with Gasteiger partial charge in [0.05, 0.1) is 0 Å². The van der Waals surface area contributed by atoms with Crippen LogP contribution in [0.25, 0.3) is 0 Å². The Labute approximate surface area is 142 Å². The summed E-state index contributed by atoms with van der Waals surface area (Å²) in [7, 11) is 0. The lowest BCUT2D eigenvalue weighted by atomic mass is 9.98. The molecule has 2 rings (SSSR count). The Morgan fingerprint density at radius 3 is 2.42 bits per heavy atom. The molecule has 0 aliphatic carbocycles. The van der Waals surface area contributed by atoms with Crippen molar-refractivity contribution in [3.05, 3.63) is 53.6 Å². The molecule has 2 N–H and O–H groups in total. The Balaban J connectivity index is 2.13. The first-order valence-electron chi connectivity index (χ1n) is 7.83. The van der Waals surface area contributed by atoms with Crippen molar-refractivity contribution in [3.63, 3.8) is 0 Å². The molecule has 0 unspecified atom stereocenters. The second-order valence-electron chi connectivity index (χ2n) is 5.89. The summed E-state index contributed by atoms with van der Waals surface area (Å²) >= 11 is 0. The van der Waals surface area contributed by atoms with Gasteiger partial charge in [0.15, 0.2) is 0 Å². The number of aryl methyl sites for hydroxylation is 1. The summed E-state index contributed by atoms with van der Waals surface area (Å²) in [4.78, 5) is 23.3. The zero-order valence-electron chi connectivity index (χ0n) is 14.3.